The predicted molar refractivity (Wildman–Crippen MR) is 76.4 cm³/mol. The standard InChI is InChI=1S/C12H16N6O2S/c19-11-13-5-8-6-17(3-4-18(8)11)12(20)14-10-16-15-9(21-10)7-1-2-7/h7-8H,1-6H2,(H,13,19)(H,14,16,20)/t8-/m0/s1. The monoisotopic (exact) mass is 308 g/mol. The number of fused-ring (bicyclic) bond motifs is 1. The van der Waals surface area contributed by atoms with Crippen LogP contribution in [0.4, 0.5) is 14.7 Å². The second-order valence-electron chi connectivity index (χ2n) is 5.63. The van der Waals surface area contributed by atoms with E-state index >= 15 is 0 Å². The zero-order chi connectivity index (χ0) is 14.4. The van der Waals surface area contributed by atoms with Gasteiger partial charge in [0.1, 0.15) is 5.01 Å². The Morgan fingerprint density at radius 2 is 2.19 bits per heavy atom. The summed E-state index contributed by atoms with van der Waals surface area (Å²) in [7, 11) is 0. The van der Waals surface area contributed by atoms with E-state index in [1.165, 1.54) is 24.2 Å². The minimum Gasteiger partial charge on any atom is -0.336 e. The number of hydrogen-bond acceptors (Lipinski definition) is 5. The van der Waals surface area contributed by atoms with Crippen molar-refractivity contribution in [2.45, 2.75) is 24.8 Å². The van der Waals surface area contributed by atoms with Crippen molar-refractivity contribution in [3.05, 3.63) is 5.01 Å². The molecular weight excluding hydrogens is 292 g/mol. The Bertz CT molecular complexity index is 586. The molecule has 3 fully saturated rings. The fourth-order valence-corrected chi connectivity index (χ4v) is 3.64. The number of urea groups is 2. The predicted octanol–water partition coefficient (Wildman–Crippen LogP) is 0.657. The molecule has 0 unspecified atom stereocenters. The molecule has 0 aromatic carbocycles. The normalized spacial score (nSPS) is 24.8. The SMILES string of the molecule is O=C(Nc1nnc(C2CC2)s1)N1CCN2C(=O)NC[C@H]2C1. The van der Waals surface area contributed by atoms with E-state index < -0.39 is 0 Å². The Morgan fingerprint density at radius 3 is 3.00 bits per heavy atom. The molecule has 112 valence electrons. The van der Waals surface area contributed by atoms with Crippen molar-refractivity contribution in [2.24, 2.45) is 0 Å². The molecule has 1 aliphatic carbocycles. The first-order valence-electron chi connectivity index (χ1n) is 7.14. The van der Waals surface area contributed by atoms with Gasteiger partial charge in [-0.25, -0.2) is 9.59 Å². The number of rotatable bonds is 2. The van der Waals surface area contributed by atoms with Crippen molar-refractivity contribution in [3.63, 3.8) is 0 Å². The first-order chi connectivity index (χ1) is 10.2. The van der Waals surface area contributed by atoms with Crippen LogP contribution < -0.4 is 10.6 Å². The molecule has 0 radical (unpaired) electrons. The molecule has 0 spiro atoms. The summed E-state index contributed by atoms with van der Waals surface area (Å²) in [6.07, 6.45) is 2.35. The summed E-state index contributed by atoms with van der Waals surface area (Å²) in [5.74, 6) is 0.548. The third-order valence-corrected chi connectivity index (χ3v) is 5.10. The van der Waals surface area contributed by atoms with Crippen LogP contribution in [0.1, 0.15) is 23.8 Å². The molecule has 4 rings (SSSR count). The molecule has 21 heavy (non-hydrogen) atoms. The van der Waals surface area contributed by atoms with Gasteiger partial charge in [-0.1, -0.05) is 11.3 Å². The molecular formula is C12H16N6O2S. The molecule has 1 aromatic rings. The molecule has 1 atom stereocenters. The Balaban J connectivity index is 1.37. The number of hydrogen-bond donors (Lipinski definition) is 2. The van der Waals surface area contributed by atoms with Crippen LogP contribution in [-0.2, 0) is 0 Å². The van der Waals surface area contributed by atoms with Crippen molar-refractivity contribution in [3.8, 4) is 0 Å². The van der Waals surface area contributed by atoms with Crippen LogP contribution in [0, 0.1) is 0 Å². The van der Waals surface area contributed by atoms with Gasteiger partial charge in [0.15, 0.2) is 0 Å². The van der Waals surface area contributed by atoms with Gasteiger partial charge < -0.3 is 15.1 Å². The first kappa shape index (κ1) is 12.8. The number of amides is 4. The van der Waals surface area contributed by atoms with Gasteiger partial charge in [-0.2, -0.15) is 0 Å². The van der Waals surface area contributed by atoms with E-state index in [9.17, 15) is 9.59 Å². The smallest absolute Gasteiger partial charge is 0.323 e. The van der Waals surface area contributed by atoms with Crippen molar-refractivity contribution in [1.29, 1.82) is 0 Å². The summed E-state index contributed by atoms with van der Waals surface area (Å²) >= 11 is 1.46. The second kappa shape index (κ2) is 4.83. The lowest BCUT2D eigenvalue weighted by atomic mass is 10.2. The fourth-order valence-electron chi connectivity index (χ4n) is 2.74. The number of nitrogens with one attached hydrogen (secondary N) is 2. The topological polar surface area (TPSA) is 90.5 Å². The number of anilines is 1. The lowest BCUT2D eigenvalue weighted by molar-refractivity contribution is 0.136. The van der Waals surface area contributed by atoms with Gasteiger partial charge in [0.05, 0.1) is 6.04 Å². The second-order valence-corrected chi connectivity index (χ2v) is 6.64. The van der Waals surface area contributed by atoms with E-state index in [2.05, 4.69) is 20.8 Å². The average molecular weight is 308 g/mol. The highest BCUT2D eigenvalue weighted by molar-refractivity contribution is 7.15. The van der Waals surface area contributed by atoms with Gasteiger partial charge in [0.25, 0.3) is 0 Å². The van der Waals surface area contributed by atoms with Crippen LogP contribution in [0.15, 0.2) is 0 Å². The van der Waals surface area contributed by atoms with E-state index in [0.717, 1.165) is 5.01 Å². The number of nitrogens with zero attached hydrogens (tertiary/aromatic N) is 4. The van der Waals surface area contributed by atoms with Crippen LogP contribution in [0.2, 0.25) is 0 Å². The summed E-state index contributed by atoms with van der Waals surface area (Å²) in [6, 6.07) is -0.112. The Morgan fingerprint density at radius 1 is 1.33 bits per heavy atom. The number of carbonyl (C=O) groups excluding carboxylic acids is 2. The van der Waals surface area contributed by atoms with Crippen LogP contribution in [-0.4, -0.2) is 64.3 Å². The number of piperazine rings is 1. The molecule has 2 aliphatic heterocycles. The van der Waals surface area contributed by atoms with Crippen molar-refractivity contribution in [2.75, 3.05) is 31.5 Å². The summed E-state index contributed by atoms with van der Waals surface area (Å²) < 4.78 is 0. The Labute approximate surface area is 125 Å². The van der Waals surface area contributed by atoms with Crippen molar-refractivity contribution in [1.82, 2.24) is 25.3 Å². The zero-order valence-electron chi connectivity index (χ0n) is 11.4. The van der Waals surface area contributed by atoms with Crippen LogP contribution in [0.25, 0.3) is 0 Å². The van der Waals surface area contributed by atoms with Gasteiger partial charge in [0, 0.05) is 32.1 Å². The zero-order valence-corrected chi connectivity index (χ0v) is 12.2. The van der Waals surface area contributed by atoms with Crippen LogP contribution in [0.5, 0.6) is 0 Å². The lowest BCUT2D eigenvalue weighted by Gasteiger charge is -2.36. The van der Waals surface area contributed by atoms with E-state index in [4.69, 9.17) is 0 Å². The molecule has 1 saturated carbocycles. The third-order valence-electron chi connectivity index (χ3n) is 4.10. The quantitative estimate of drug-likeness (QED) is 0.839. The molecule has 3 heterocycles. The molecule has 8 nitrogen and oxygen atoms in total. The highest BCUT2D eigenvalue weighted by Crippen LogP contribution is 2.42. The molecule has 1 aromatic heterocycles. The lowest BCUT2D eigenvalue weighted by Crippen LogP contribution is -2.54. The van der Waals surface area contributed by atoms with E-state index in [-0.39, 0.29) is 18.1 Å². The summed E-state index contributed by atoms with van der Waals surface area (Å²) in [4.78, 5) is 27.3. The summed E-state index contributed by atoms with van der Waals surface area (Å²) in [5.41, 5.74) is 0. The van der Waals surface area contributed by atoms with E-state index in [1.807, 2.05) is 0 Å². The third kappa shape index (κ3) is 2.41. The molecule has 2 N–H and O–H groups in total. The van der Waals surface area contributed by atoms with Crippen molar-refractivity contribution >= 4 is 28.5 Å². The van der Waals surface area contributed by atoms with E-state index in [1.54, 1.807) is 9.80 Å². The van der Waals surface area contributed by atoms with Gasteiger partial charge in [-0.05, 0) is 12.8 Å². The van der Waals surface area contributed by atoms with Crippen LogP contribution in [0.3, 0.4) is 0 Å². The van der Waals surface area contributed by atoms with Crippen molar-refractivity contribution < 1.29 is 9.59 Å². The van der Waals surface area contributed by atoms with Gasteiger partial charge >= 0.3 is 12.1 Å². The first-order valence-corrected chi connectivity index (χ1v) is 7.96. The molecule has 2 saturated heterocycles. The van der Waals surface area contributed by atoms with Gasteiger partial charge in [-0.3, -0.25) is 5.32 Å². The maximum Gasteiger partial charge on any atom is 0.323 e. The number of aromatic nitrogens is 2. The fraction of sp³-hybridized carbons (Fsp3) is 0.667. The molecule has 3 aliphatic rings. The summed E-state index contributed by atoms with van der Waals surface area (Å²) in [6.45, 7) is 2.28. The molecule has 9 heteroatoms. The van der Waals surface area contributed by atoms with E-state index in [0.29, 0.717) is 37.2 Å². The maximum atomic E-state index is 12.3. The molecule has 0 bridgehead atoms. The Kier molecular flexibility index (Phi) is 2.95. The highest BCUT2D eigenvalue weighted by atomic mass is 32.1. The largest absolute Gasteiger partial charge is 0.336 e. The highest BCUT2D eigenvalue weighted by Gasteiger charge is 2.37. The van der Waals surface area contributed by atoms with Gasteiger partial charge in [-0.15, -0.1) is 10.2 Å². The van der Waals surface area contributed by atoms with Gasteiger partial charge in [0.2, 0.25) is 5.13 Å². The van der Waals surface area contributed by atoms with Crippen LogP contribution >= 0.6 is 11.3 Å². The molecule has 4 amide bonds. The number of carbonyl (C=O) groups is 2. The average Bonchev–Trinajstić information content (AvgIpc) is 3.14. The minimum absolute atomic E-state index is 0.0294. The summed E-state index contributed by atoms with van der Waals surface area (Å²) in [5, 5.41) is 15.3. The maximum absolute atomic E-state index is 12.3. The Hall–Kier alpha value is -1.90. The minimum atomic E-state index is -0.160.